The number of hydrogen-bond acceptors (Lipinski definition) is 5. The second kappa shape index (κ2) is 39.9. The van der Waals surface area contributed by atoms with Gasteiger partial charge >= 0.3 is 7.82 Å². The van der Waals surface area contributed by atoms with Crippen LogP contribution in [-0.2, 0) is 18.4 Å². The fraction of sp³-hybridized carbons (Fsp3) is 0.979. The van der Waals surface area contributed by atoms with Gasteiger partial charge in [0.15, 0.2) is 0 Å². The number of quaternary nitrogens is 1. The number of carbonyl (C=O) groups excluding carboxylic acids is 1. The van der Waals surface area contributed by atoms with Gasteiger partial charge in [-0.1, -0.05) is 226 Å². The molecule has 56 heavy (non-hydrogen) atoms. The molecule has 0 aromatic carbocycles. The van der Waals surface area contributed by atoms with E-state index in [1.807, 2.05) is 21.1 Å². The van der Waals surface area contributed by atoms with Crippen LogP contribution in [0.25, 0.3) is 0 Å². The lowest BCUT2D eigenvalue weighted by atomic mass is 10.0. The molecule has 0 aromatic rings. The third kappa shape index (κ3) is 41.7. The molecular weight excluding hydrogens is 719 g/mol. The maximum atomic E-state index is 12.9. The second-order valence-electron chi connectivity index (χ2n) is 18.2. The number of nitrogens with zero attached hydrogens (tertiary/aromatic N) is 1. The first-order valence-corrected chi connectivity index (χ1v) is 25.9. The molecule has 0 bridgehead atoms. The number of nitrogens with one attached hydrogen (secondary N) is 1. The molecule has 0 saturated heterocycles. The van der Waals surface area contributed by atoms with Gasteiger partial charge in [-0.05, 0) is 12.8 Å². The van der Waals surface area contributed by atoms with Crippen molar-refractivity contribution in [3.8, 4) is 0 Å². The predicted octanol–water partition coefficient (Wildman–Crippen LogP) is 13.8. The number of phosphoric acid groups is 1. The molecular formula is C47H98N2O6P+. The van der Waals surface area contributed by atoms with Crippen LogP contribution in [0.5, 0.6) is 0 Å². The van der Waals surface area contributed by atoms with Crippen LogP contribution in [0.1, 0.15) is 245 Å². The van der Waals surface area contributed by atoms with Gasteiger partial charge in [-0.25, -0.2) is 4.57 Å². The summed E-state index contributed by atoms with van der Waals surface area (Å²) in [7, 11) is 1.63. The molecule has 9 heteroatoms. The lowest BCUT2D eigenvalue weighted by Crippen LogP contribution is -2.46. The second-order valence-corrected chi connectivity index (χ2v) is 19.7. The molecule has 0 aromatic heterocycles. The van der Waals surface area contributed by atoms with E-state index in [2.05, 4.69) is 19.2 Å². The van der Waals surface area contributed by atoms with Gasteiger partial charge in [0.1, 0.15) is 13.2 Å². The van der Waals surface area contributed by atoms with Crippen molar-refractivity contribution in [2.45, 2.75) is 257 Å². The highest BCUT2D eigenvalue weighted by Gasteiger charge is 2.28. The van der Waals surface area contributed by atoms with E-state index in [0.29, 0.717) is 23.9 Å². The molecule has 0 rings (SSSR count). The van der Waals surface area contributed by atoms with Crippen LogP contribution in [0.4, 0.5) is 0 Å². The summed E-state index contributed by atoms with van der Waals surface area (Å²) in [6.45, 7) is 4.92. The largest absolute Gasteiger partial charge is 0.472 e. The van der Waals surface area contributed by atoms with E-state index in [0.717, 1.165) is 38.5 Å². The first-order chi connectivity index (χ1) is 27.0. The van der Waals surface area contributed by atoms with E-state index in [9.17, 15) is 19.4 Å². The van der Waals surface area contributed by atoms with Gasteiger partial charge in [0.05, 0.1) is 39.9 Å². The van der Waals surface area contributed by atoms with Crippen molar-refractivity contribution in [1.82, 2.24) is 5.32 Å². The summed E-state index contributed by atoms with van der Waals surface area (Å²) < 4.78 is 23.7. The van der Waals surface area contributed by atoms with E-state index in [1.54, 1.807) is 0 Å². The van der Waals surface area contributed by atoms with Crippen molar-refractivity contribution in [3.05, 3.63) is 0 Å². The average molecular weight is 818 g/mol. The zero-order valence-electron chi connectivity index (χ0n) is 38.2. The fourth-order valence-corrected chi connectivity index (χ4v) is 8.20. The van der Waals surface area contributed by atoms with Crippen LogP contribution in [0, 0.1) is 0 Å². The summed E-state index contributed by atoms with van der Waals surface area (Å²) in [6.07, 6.45) is 44.1. The number of aliphatic hydroxyl groups excluding tert-OH is 1. The van der Waals surface area contributed by atoms with Crippen LogP contribution in [-0.4, -0.2) is 73.4 Å². The number of aliphatic hydroxyl groups is 1. The van der Waals surface area contributed by atoms with Gasteiger partial charge in [-0.3, -0.25) is 13.8 Å². The van der Waals surface area contributed by atoms with Crippen molar-refractivity contribution in [1.29, 1.82) is 0 Å². The van der Waals surface area contributed by atoms with Crippen LogP contribution in [0.3, 0.4) is 0 Å². The van der Waals surface area contributed by atoms with Gasteiger partial charge in [0, 0.05) is 6.42 Å². The van der Waals surface area contributed by atoms with E-state index < -0.39 is 20.0 Å². The number of likely N-dealkylation sites (N-methyl/N-ethyl adjacent to an activating group) is 1. The maximum absolute atomic E-state index is 12.9. The summed E-state index contributed by atoms with van der Waals surface area (Å²) >= 11 is 0. The molecule has 0 spiro atoms. The van der Waals surface area contributed by atoms with Crippen LogP contribution in [0.2, 0.25) is 0 Å². The van der Waals surface area contributed by atoms with Gasteiger partial charge in [0.25, 0.3) is 0 Å². The monoisotopic (exact) mass is 818 g/mol. The molecule has 0 aliphatic rings. The number of phosphoric ester groups is 1. The molecule has 0 radical (unpaired) electrons. The van der Waals surface area contributed by atoms with Crippen LogP contribution in [0.15, 0.2) is 0 Å². The smallest absolute Gasteiger partial charge is 0.391 e. The maximum Gasteiger partial charge on any atom is 0.472 e. The molecule has 0 aliphatic heterocycles. The highest BCUT2D eigenvalue weighted by atomic mass is 31.2. The standard InChI is InChI=1S/C47H97N2O6P/c1-6-8-10-12-14-16-18-20-22-23-24-25-27-28-30-32-34-36-38-40-46(50)45(44-55-56(52,53)54-43-42-49(3,4)5)48-47(51)41-39-37-35-33-31-29-26-21-19-17-15-13-11-9-7-2/h45-46,50H,6-44H2,1-5H3,(H-,48,51,52,53)/p+1. The predicted molar refractivity (Wildman–Crippen MR) is 240 cm³/mol. The Balaban J connectivity index is 4.26. The summed E-state index contributed by atoms with van der Waals surface area (Å²) in [5.74, 6) is -0.140. The average Bonchev–Trinajstić information content (AvgIpc) is 3.15. The Hall–Kier alpha value is -0.500. The highest BCUT2D eigenvalue weighted by molar-refractivity contribution is 7.47. The normalized spacial score (nSPS) is 14.2. The zero-order chi connectivity index (χ0) is 41.4. The van der Waals surface area contributed by atoms with E-state index in [-0.39, 0.29) is 19.1 Å². The fourth-order valence-electron chi connectivity index (χ4n) is 7.46. The molecule has 8 nitrogen and oxygen atoms in total. The van der Waals surface area contributed by atoms with Gasteiger partial charge in [-0.2, -0.15) is 0 Å². The molecule has 1 amide bonds. The van der Waals surface area contributed by atoms with Crippen LogP contribution >= 0.6 is 7.82 Å². The minimum atomic E-state index is -4.31. The van der Waals surface area contributed by atoms with Gasteiger partial charge in [0.2, 0.25) is 5.91 Å². The lowest BCUT2D eigenvalue weighted by molar-refractivity contribution is -0.870. The SMILES string of the molecule is CCCCCCCCCCCCCCCCCCCCCC(O)C(COP(=O)(O)OCC[N+](C)(C)C)NC(=O)CCCCCCCCCCCCCCCCC. The summed E-state index contributed by atoms with van der Waals surface area (Å²) in [4.78, 5) is 23.2. The van der Waals surface area contributed by atoms with Gasteiger partial charge in [-0.15, -0.1) is 0 Å². The number of rotatable bonds is 45. The molecule has 3 unspecified atom stereocenters. The number of amides is 1. The lowest BCUT2D eigenvalue weighted by Gasteiger charge is -2.26. The Morgan fingerprint density at radius 1 is 0.536 bits per heavy atom. The zero-order valence-corrected chi connectivity index (χ0v) is 39.0. The Morgan fingerprint density at radius 3 is 1.20 bits per heavy atom. The molecule has 3 N–H and O–H groups in total. The minimum Gasteiger partial charge on any atom is -0.391 e. The number of hydrogen-bond donors (Lipinski definition) is 3. The number of carbonyl (C=O) groups is 1. The highest BCUT2D eigenvalue weighted by Crippen LogP contribution is 2.43. The van der Waals surface area contributed by atoms with Gasteiger partial charge < -0.3 is 19.8 Å². The first-order valence-electron chi connectivity index (χ1n) is 24.4. The molecule has 3 atom stereocenters. The third-order valence-electron chi connectivity index (χ3n) is 11.4. The molecule has 0 fully saturated rings. The Labute approximate surface area is 349 Å². The van der Waals surface area contributed by atoms with Crippen molar-refractivity contribution in [3.63, 3.8) is 0 Å². The first kappa shape index (κ1) is 55.5. The van der Waals surface area contributed by atoms with Crippen molar-refractivity contribution >= 4 is 13.7 Å². The molecule has 0 aliphatic carbocycles. The van der Waals surface area contributed by atoms with Crippen molar-refractivity contribution < 1.29 is 32.9 Å². The number of unbranched alkanes of at least 4 members (excludes halogenated alkanes) is 32. The summed E-state index contributed by atoms with van der Waals surface area (Å²) in [5.41, 5.74) is 0. The summed E-state index contributed by atoms with van der Waals surface area (Å²) in [5, 5.41) is 14.0. The van der Waals surface area contributed by atoms with Crippen molar-refractivity contribution in [2.75, 3.05) is 40.9 Å². The minimum absolute atomic E-state index is 0.0788. The van der Waals surface area contributed by atoms with Crippen LogP contribution < -0.4 is 5.32 Å². The molecule has 0 saturated carbocycles. The quantitative estimate of drug-likeness (QED) is 0.0321. The summed E-state index contributed by atoms with van der Waals surface area (Å²) in [6, 6.07) is -0.753. The van der Waals surface area contributed by atoms with E-state index >= 15 is 0 Å². The van der Waals surface area contributed by atoms with Crippen molar-refractivity contribution in [2.24, 2.45) is 0 Å². The molecule has 0 heterocycles. The Kier molecular flexibility index (Phi) is 39.6. The van der Waals surface area contributed by atoms with E-state index in [4.69, 9.17) is 9.05 Å². The topological polar surface area (TPSA) is 105 Å². The Bertz CT molecular complexity index is 885. The Morgan fingerprint density at radius 2 is 0.857 bits per heavy atom. The van der Waals surface area contributed by atoms with E-state index in [1.165, 1.54) is 180 Å². The molecule has 336 valence electrons. The third-order valence-corrected chi connectivity index (χ3v) is 12.3.